The number of carbonyl (C=O) groups is 1. The highest BCUT2D eigenvalue weighted by Gasteiger charge is 2.57. The van der Waals surface area contributed by atoms with Crippen LogP contribution in [0.5, 0.6) is 28.7 Å². The van der Waals surface area contributed by atoms with Gasteiger partial charge < -0.3 is 42.6 Å². The van der Waals surface area contributed by atoms with Crippen LogP contribution < -0.4 is 23.7 Å². The summed E-state index contributed by atoms with van der Waals surface area (Å²) >= 11 is 1.49. The third kappa shape index (κ3) is 7.33. The van der Waals surface area contributed by atoms with Crippen LogP contribution in [-0.2, 0) is 36.6 Å². The van der Waals surface area contributed by atoms with Crippen molar-refractivity contribution >= 4 is 17.7 Å². The van der Waals surface area contributed by atoms with E-state index in [0.29, 0.717) is 47.3 Å². The lowest BCUT2D eigenvalue weighted by Crippen LogP contribution is -2.68. The van der Waals surface area contributed by atoms with Crippen molar-refractivity contribution in [2.24, 2.45) is 0 Å². The van der Waals surface area contributed by atoms with Gasteiger partial charge in [0.2, 0.25) is 12.6 Å². The third-order valence-corrected chi connectivity index (χ3v) is 14.1. The van der Waals surface area contributed by atoms with Crippen molar-refractivity contribution < 1.29 is 47.4 Å². The van der Waals surface area contributed by atoms with E-state index in [1.807, 2.05) is 13.8 Å². The molecule has 334 valence electrons. The van der Waals surface area contributed by atoms with Crippen molar-refractivity contribution in [2.45, 2.75) is 62.8 Å². The van der Waals surface area contributed by atoms with Gasteiger partial charge in [0.1, 0.15) is 25.0 Å². The Bertz CT molecular complexity index is 2490. The summed E-state index contributed by atoms with van der Waals surface area (Å²) in [4.78, 5) is 18.9. The van der Waals surface area contributed by atoms with E-state index < -0.39 is 18.1 Å². The van der Waals surface area contributed by atoms with Crippen LogP contribution in [0.15, 0.2) is 78.4 Å². The van der Waals surface area contributed by atoms with Crippen LogP contribution in [0.3, 0.4) is 0 Å². The van der Waals surface area contributed by atoms with E-state index in [2.05, 4.69) is 84.1 Å². The van der Waals surface area contributed by atoms with Gasteiger partial charge >= 0.3 is 5.97 Å². The van der Waals surface area contributed by atoms with Crippen LogP contribution >= 0.6 is 11.8 Å². The van der Waals surface area contributed by atoms with Crippen molar-refractivity contribution in [3.05, 3.63) is 123 Å². The Balaban J connectivity index is 1.11. The van der Waals surface area contributed by atoms with E-state index in [1.165, 1.54) is 41.1 Å². The Labute approximate surface area is 378 Å². The van der Waals surface area contributed by atoms with Crippen molar-refractivity contribution in [3.63, 3.8) is 0 Å². The summed E-state index contributed by atoms with van der Waals surface area (Å²) in [5.74, 6) is 3.16. The zero-order chi connectivity index (χ0) is 44.6. The molecule has 4 aromatic rings. The highest BCUT2D eigenvalue weighted by Crippen LogP contribution is 2.59. The summed E-state index contributed by atoms with van der Waals surface area (Å²) in [5, 5.41) is 13.0. The lowest BCUT2D eigenvalue weighted by molar-refractivity contribution is -0.150. The zero-order valence-corrected chi connectivity index (χ0v) is 37.8. The number of nitrogens with zero attached hydrogens (tertiary/aromatic N) is 3. The average molecular weight is 888 g/mol. The predicted octanol–water partition coefficient (Wildman–Crippen LogP) is 7.91. The smallest absolute Gasteiger partial charge is 0.374 e. The number of piperazine rings is 1. The Kier molecular flexibility index (Phi) is 12.5. The molecule has 0 spiro atoms. The van der Waals surface area contributed by atoms with Gasteiger partial charge in [0.15, 0.2) is 36.6 Å². The molecule has 5 aliphatic rings. The predicted molar refractivity (Wildman–Crippen MR) is 241 cm³/mol. The number of likely N-dealkylation sites (N-methyl/N-ethyl adjacent to an activating group) is 1. The number of thioether (sulfide) groups is 1. The molecule has 0 saturated carbocycles. The molecular weight excluding hydrogens is 835 g/mol. The lowest BCUT2D eigenvalue weighted by atomic mass is 9.71. The van der Waals surface area contributed by atoms with Crippen molar-refractivity contribution in [3.8, 4) is 45.9 Å². The van der Waals surface area contributed by atoms with Gasteiger partial charge in [-0.05, 0) is 67.1 Å². The number of esters is 1. The molecule has 4 aromatic carbocycles. The molecular formula is C50H53N3O10S. The fraction of sp³-hybridized carbons (Fsp3) is 0.400. The number of fused-ring (bicyclic) bond motifs is 12. The minimum atomic E-state index is -0.664. The van der Waals surface area contributed by atoms with Crippen LogP contribution in [0, 0.1) is 25.2 Å². The largest absolute Gasteiger partial charge is 0.493 e. The summed E-state index contributed by atoms with van der Waals surface area (Å²) < 4.78 is 54.2. The van der Waals surface area contributed by atoms with Crippen LogP contribution in [-0.4, -0.2) is 102 Å². The number of hydrogen-bond donors (Lipinski definition) is 0. The molecule has 4 aliphatic heterocycles. The number of hydrogen-bond acceptors (Lipinski definition) is 14. The molecule has 1 saturated heterocycles. The Morgan fingerprint density at radius 1 is 0.906 bits per heavy atom. The molecule has 0 radical (unpaired) electrons. The number of methoxy groups -OCH3 is 3. The number of rotatable bonds is 16. The molecule has 2 bridgehead atoms. The topological polar surface area (TPSA) is 130 Å². The first kappa shape index (κ1) is 43.6. The maximum atomic E-state index is 14.4. The molecule has 0 aromatic heterocycles. The molecule has 0 amide bonds. The van der Waals surface area contributed by atoms with E-state index in [-0.39, 0.29) is 63.4 Å². The number of nitriles is 1. The first-order chi connectivity index (χ1) is 31.3. The maximum absolute atomic E-state index is 14.4. The number of ether oxygens (including phenoxy) is 9. The minimum Gasteiger partial charge on any atom is -0.493 e. The van der Waals surface area contributed by atoms with Gasteiger partial charge in [0.25, 0.3) is 0 Å². The molecule has 4 heterocycles. The van der Waals surface area contributed by atoms with Gasteiger partial charge in [-0.25, -0.2) is 4.79 Å². The van der Waals surface area contributed by atoms with Gasteiger partial charge in [-0.2, -0.15) is 5.26 Å². The summed E-state index contributed by atoms with van der Waals surface area (Å²) in [6, 6.07) is 19.6. The zero-order valence-electron chi connectivity index (χ0n) is 37.0. The molecule has 0 N–H and O–H groups in total. The van der Waals surface area contributed by atoms with Gasteiger partial charge in [0, 0.05) is 65.6 Å². The van der Waals surface area contributed by atoms with Gasteiger partial charge in [-0.1, -0.05) is 67.3 Å². The fourth-order valence-electron chi connectivity index (χ4n) is 10.7. The van der Waals surface area contributed by atoms with Gasteiger partial charge in [-0.15, -0.1) is 11.8 Å². The van der Waals surface area contributed by atoms with Gasteiger partial charge in [0.05, 0.1) is 25.3 Å². The van der Waals surface area contributed by atoms with Crippen molar-refractivity contribution in [2.75, 3.05) is 67.7 Å². The van der Waals surface area contributed by atoms with Crippen LogP contribution in [0.2, 0.25) is 0 Å². The summed E-state index contributed by atoms with van der Waals surface area (Å²) in [5.41, 5.74) is 10.4. The number of benzene rings is 4. The molecule has 1 aliphatic carbocycles. The molecule has 3 unspecified atom stereocenters. The quantitative estimate of drug-likeness (QED) is 0.0355. The first-order valence-electron chi connectivity index (χ1n) is 21.4. The normalized spacial score (nSPS) is 21.7. The third-order valence-electron chi connectivity index (χ3n) is 13.2. The van der Waals surface area contributed by atoms with Crippen molar-refractivity contribution in [1.82, 2.24) is 9.80 Å². The Morgan fingerprint density at radius 3 is 2.31 bits per heavy atom. The molecule has 9 rings (SSSR count). The van der Waals surface area contributed by atoms with Crippen LogP contribution in [0.25, 0.3) is 11.1 Å². The maximum Gasteiger partial charge on any atom is 0.374 e. The fourth-order valence-corrected chi connectivity index (χ4v) is 11.7. The monoisotopic (exact) mass is 887 g/mol. The van der Waals surface area contributed by atoms with Gasteiger partial charge in [-0.3, -0.25) is 9.80 Å². The molecule has 64 heavy (non-hydrogen) atoms. The second-order valence-electron chi connectivity index (χ2n) is 16.6. The van der Waals surface area contributed by atoms with Crippen LogP contribution in [0.1, 0.15) is 62.5 Å². The average Bonchev–Trinajstić information content (AvgIpc) is 3.92. The Morgan fingerprint density at radius 2 is 1.62 bits per heavy atom. The second-order valence-corrected chi connectivity index (χ2v) is 17.5. The minimum absolute atomic E-state index is 0.0107. The highest BCUT2D eigenvalue weighted by molar-refractivity contribution is 8.02. The van der Waals surface area contributed by atoms with E-state index in [0.717, 1.165) is 33.4 Å². The SMILES string of the molecule is C=CCOc1c(C)c2c(c3c1CC1C4c5c(cc(C)c(OC)c5OCOC)CC([C@H](C#N)N1[C@H]3COC(=O)/C(=C/SCC1c3ccccc3-c3ccccc31)OCOC)N4C)OCO2. The van der Waals surface area contributed by atoms with Crippen LogP contribution in [0.4, 0.5) is 0 Å². The first-order valence-corrected chi connectivity index (χ1v) is 22.5. The summed E-state index contributed by atoms with van der Waals surface area (Å²) in [7, 11) is 6.81. The van der Waals surface area contributed by atoms with E-state index in [4.69, 9.17) is 42.6 Å². The summed E-state index contributed by atoms with van der Waals surface area (Å²) in [6.07, 6.45) is 2.74. The van der Waals surface area contributed by atoms with E-state index in [9.17, 15) is 10.1 Å². The second kappa shape index (κ2) is 18.4. The summed E-state index contributed by atoms with van der Waals surface area (Å²) in [6.45, 7) is 7.88. The van der Waals surface area contributed by atoms with Crippen molar-refractivity contribution in [1.29, 1.82) is 5.26 Å². The lowest BCUT2D eigenvalue weighted by Gasteiger charge is -2.59. The Hall–Kier alpha value is -5.69. The van der Waals surface area contributed by atoms with E-state index in [1.54, 1.807) is 25.7 Å². The number of carbonyl (C=O) groups excluding carboxylic acids is 1. The highest BCUT2D eigenvalue weighted by atomic mass is 32.2. The van der Waals surface area contributed by atoms with E-state index >= 15 is 0 Å². The number of aryl methyl sites for hydroxylation is 1. The molecule has 5 atom stereocenters. The standard InChI is InChI=1S/C50H53N3O10S/c1-8-17-58-46-29(3)47-49(63-27-62-47)43-35(46)20-38-44-42-30(18-28(2)45(57-7)48(42)61-26-56-6)19-37(52(44)4)39(21-51)53(38)40(43)22-59-50(54)41(60-25-55-5)24-64-23-36-33-15-11-9-13-31(33)32-14-10-12-16-34(32)36/h8-16,18,24,36-40,44H,1,17,19-20,22-23,25-27H2,2-7H3/b41-24-/t37?,38?,39-,40-,44?/m0/s1. The molecule has 13 nitrogen and oxygen atoms in total. The molecule has 14 heteroatoms. The molecule has 1 fully saturated rings.